The number of aryl methyl sites for hydroxylation is 1. The van der Waals surface area contributed by atoms with Crippen LogP contribution in [0, 0.1) is 11.6 Å². The zero-order valence-electron chi connectivity index (χ0n) is 10.4. The Kier molecular flexibility index (Phi) is 3.73. The van der Waals surface area contributed by atoms with Crippen molar-refractivity contribution in [3.05, 3.63) is 41.7 Å². The number of aromatic nitrogens is 2. The number of halogens is 2. The number of nitrogens with two attached hydrogens (primary N) is 1. The maximum Gasteiger partial charge on any atom is 0.241 e. The van der Waals surface area contributed by atoms with Crippen molar-refractivity contribution in [2.75, 3.05) is 0 Å². The molecule has 9 heteroatoms. The molecule has 1 aromatic carbocycles. The molecule has 1 aromatic heterocycles. The third-order valence-corrected chi connectivity index (χ3v) is 3.40. The lowest BCUT2D eigenvalue weighted by molar-refractivity contribution is 0.283. The molecule has 108 valence electrons. The maximum atomic E-state index is 13.7. The molecule has 0 saturated heterocycles. The van der Waals surface area contributed by atoms with E-state index in [-0.39, 0.29) is 6.61 Å². The van der Waals surface area contributed by atoms with E-state index in [2.05, 4.69) is 5.10 Å². The van der Waals surface area contributed by atoms with Crippen LogP contribution < -0.4 is 9.88 Å². The highest BCUT2D eigenvalue weighted by Gasteiger charge is 2.21. The van der Waals surface area contributed by atoms with Gasteiger partial charge in [0.2, 0.25) is 15.8 Å². The Morgan fingerprint density at radius 3 is 2.60 bits per heavy atom. The van der Waals surface area contributed by atoms with E-state index >= 15 is 0 Å². The van der Waals surface area contributed by atoms with Gasteiger partial charge in [0.1, 0.15) is 11.5 Å². The maximum absolute atomic E-state index is 13.7. The second-order valence-corrected chi connectivity index (χ2v) is 5.58. The number of rotatable bonds is 4. The largest absolute Gasteiger partial charge is 0.486 e. The van der Waals surface area contributed by atoms with Gasteiger partial charge in [-0.1, -0.05) is 0 Å². The first kappa shape index (κ1) is 14.4. The monoisotopic (exact) mass is 303 g/mol. The van der Waals surface area contributed by atoms with Crippen molar-refractivity contribution < 1.29 is 21.9 Å². The average molecular weight is 303 g/mol. The summed E-state index contributed by atoms with van der Waals surface area (Å²) < 4.78 is 55.9. The second-order valence-electron chi connectivity index (χ2n) is 4.05. The van der Waals surface area contributed by atoms with Crippen LogP contribution in [0.4, 0.5) is 8.78 Å². The normalized spacial score (nSPS) is 11.6. The van der Waals surface area contributed by atoms with E-state index in [1.54, 1.807) is 13.2 Å². The molecular formula is C11H11F2N3O3S. The van der Waals surface area contributed by atoms with Gasteiger partial charge in [-0.25, -0.2) is 17.9 Å². The molecule has 0 spiro atoms. The number of hydrogen-bond donors (Lipinski definition) is 1. The fraction of sp³-hybridized carbons (Fsp3) is 0.182. The quantitative estimate of drug-likeness (QED) is 0.910. The fourth-order valence-corrected chi connectivity index (χ4v) is 2.15. The van der Waals surface area contributed by atoms with Gasteiger partial charge < -0.3 is 4.74 Å². The number of hydrogen-bond acceptors (Lipinski definition) is 4. The predicted octanol–water partition coefficient (Wildman–Crippen LogP) is 0.925. The molecule has 0 amide bonds. The van der Waals surface area contributed by atoms with E-state index in [9.17, 15) is 17.2 Å². The van der Waals surface area contributed by atoms with Crippen molar-refractivity contribution in [3.8, 4) is 5.75 Å². The average Bonchev–Trinajstić information content (AvgIpc) is 2.75. The summed E-state index contributed by atoms with van der Waals surface area (Å²) in [4.78, 5) is -0.913. The van der Waals surface area contributed by atoms with Gasteiger partial charge in [-0.05, 0) is 12.1 Å². The number of ether oxygens (including phenoxy) is 1. The molecule has 2 N–H and O–H groups in total. The number of benzene rings is 1. The lowest BCUT2D eigenvalue weighted by Crippen LogP contribution is -2.15. The predicted molar refractivity (Wildman–Crippen MR) is 65.3 cm³/mol. The summed E-state index contributed by atoms with van der Waals surface area (Å²) in [6, 6.07) is 1.86. The third kappa shape index (κ3) is 2.94. The Hall–Kier alpha value is -2.00. The summed E-state index contributed by atoms with van der Waals surface area (Å²) in [5.74, 6) is -3.37. The summed E-state index contributed by atoms with van der Waals surface area (Å²) in [5, 5.41) is 8.65. The molecule has 0 fully saturated rings. The van der Waals surface area contributed by atoms with Crippen LogP contribution in [-0.2, 0) is 23.7 Å². The number of sulfonamides is 1. The Morgan fingerprint density at radius 1 is 1.35 bits per heavy atom. The van der Waals surface area contributed by atoms with Crippen molar-refractivity contribution >= 4 is 10.0 Å². The SMILES string of the molecule is Cn1cc(COc2ccc(S(N)(=O)=O)c(F)c2F)cn1. The summed E-state index contributed by atoms with van der Waals surface area (Å²) >= 11 is 0. The van der Waals surface area contributed by atoms with Gasteiger partial charge in [0, 0.05) is 18.8 Å². The minimum Gasteiger partial charge on any atom is -0.486 e. The minimum absolute atomic E-state index is 0.0288. The standard InChI is InChI=1S/C11H11F2N3O3S/c1-16-5-7(4-15-16)6-19-8-2-3-9(20(14,17)18)11(13)10(8)12/h2-5H,6H2,1H3,(H2,14,17,18). The summed E-state index contributed by atoms with van der Waals surface area (Å²) in [5.41, 5.74) is 0.655. The van der Waals surface area contributed by atoms with Gasteiger partial charge in [-0.15, -0.1) is 0 Å². The molecule has 6 nitrogen and oxygen atoms in total. The van der Waals surface area contributed by atoms with Gasteiger partial charge >= 0.3 is 0 Å². The second kappa shape index (κ2) is 5.17. The van der Waals surface area contributed by atoms with Gasteiger partial charge in [0.05, 0.1) is 6.20 Å². The van der Waals surface area contributed by atoms with Crippen LogP contribution in [0.3, 0.4) is 0 Å². The Balaban J connectivity index is 2.24. The molecule has 2 rings (SSSR count). The Bertz CT molecular complexity index is 743. The lowest BCUT2D eigenvalue weighted by Gasteiger charge is -2.08. The summed E-state index contributed by atoms with van der Waals surface area (Å²) in [7, 11) is -2.62. The van der Waals surface area contributed by atoms with Crippen LogP contribution in [-0.4, -0.2) is 18.2 Å². The van der Waals surface area contributed by atoms with Crippen LogP contribution in [0.25, 0.3) is 0 Å². The highest BCUT2D eigenvalue weighted by molar-refractivity contribution is 7.89. The van der Waals surface area contributed by atoms with Crippen LogP contribution in [0.1, 0.15) is 5.56 Å². The van der Waals surface area contributed by atoms with Gasteiger partial charge in [-0.2, -0.15) is 9.49 Å². The first-order valence-corrected chi connectivity index (χ1v) is 6.95. The van der Waals surface area contributed by atoms with Gasteiger partial charge in [-0.3, -0.25) is 4.68 Å². The topological polar surface area (TPSA) is 87.2 Å². The summed E-state index contributed by atoms with van der Waals surface area (Å²) in [6.07, 6.45) is 3.15. The van der Waals surface area contributed by atoms with Crippen LogP contribution in [0.5, 0.6) is 5.75 Å². The molecule has 0 radical (unpaired) electrons. The minimum atomic E-state index is -4.32. The molecule has 0 saturated carbocycles. The molecule has 0 bridgehead atoms. The van der Waals surface area contributed by atoms with Gasteiger partial charge in [0.15, 0.2) is 11.6 Å². The molecule has 0 aliphatic carbocycles. The molecular weight excluding hydrogens is 292 g/mol. The van der Waals surface area contributed by atoms with Gasteiger partial charge in [0.25, 0.3) is 0 Å². The van der Waals surface area contributed by atoms with E-state index in [0.717, 1.165) is 12.1 Å². The first-order chi connectivity index (χ1) is 9.29. The van der Waals surface area contributed by atoms with Crippen LogP contribution in [0.2, 0.25) is 0 Å². The van der Waals surface area contributed by atoms with Crippen LogP contribution >= 0.6 is 0 Å². The van der Waals surface area contributed by atoms with Crippen molar-refractivity contribution in [1.82, 2.24) is 9.78 Å². The van der Waals surface area contributed by atoms with E-state index in [1.165, 1.54) is 10.9 Å². The number of nitrogens with zero attached hydrogens (tertiary/aromatic N) is 2. The zero-order valence-corrected chi connectivity index (χ0v) is 11.2. The first-order valence-electron chi connectivity index (χ1n) is 5.40. The molecule has 0 aliphatic rings. The third-order valence-electron chi connectivity index (χ3n) is 2.47. The van der Waals surface area contributed by atoms with Crippen molar-refractivity contribution in [3.63, 3.8) is 0 Å². The molecule has 1 heterocycles. The highest BCUT2D eigenvalue weighted by atomic mass is 32.2. The summed E-state index contributed by atoms with van der Waals surface area (Å²) in [6.45, 7) is -0.0288. The molecule has 0 aliphatic heterocycles. The zero-order chi connectivity index (χ0) is 14.9. The molecule has 0 unspecified atom stereocenters. The van der Waals surface area contributed by atoms with Crippen LogP contribution in [0.15, 0.2) is 29.4 Å². The van der Waals surface area contributed by atoms with Crippen molar-refractivity contribution in [2.24, 2.45) is 12.2 Å². The molecule has 0 atom stereocenters. The van der Waals surface area contributed by atoms with E-state index in [4.69, 9.17) is 9.88 Å². The van der Waals surface area contributed by atoms with E-state index < -0.39 is 32.3 Å². The number of primary sulfonamides is 1. The Labute approximate surface area is 113 Å². The smallest absolute Gasteiger partial charge is 0.241 e. The van der Waals surface area contributed by atoms with Crippen molar-refractivity contribution in [1.29, 1.82) is 0 Å². The molecule has 20 heavy (non-hydrogen) atoms. The lowest BCUT2D eigenvalue weighted by atomic mass is 10.3. The van der Waals surface area contributed by atoms with E-state index in [1.807, 2.05) is 0 Å². The van der Waals surface area contributed by atoms with Crippen molar-refractivity contribution in [2.45, 2.75) is 11.5 Å². The van der Waals surface area contributed by atoms with E-state index in [0.29, 0.717) is 5.56 Å². The Morgan fingerprint density at radius 2 is 2.05 bits per heavy atom. The highest BCUT2D eigenvalue weighted by Crippen LogP contribution is 2.25. The molecule has 2 aromatic rings. The fourth-order valence-electron chi connectivity index (χ4n) is 1.55.